The summed E-state index contributed by atoms with van der Waals surface area (Å²) in [5.41, 5.74) is 0. The van der Waals surface area contributed by atoms with Crippen molar-refractivity contribution < 1.29 is 14.4 Å². The summed E-state index contributed by atoms with van der Waals surface area (Å²) in [5, 5.41) is 1.77. The first-order valence-corrected chi connectivity index (χ1v) is 5.09. The molecule has 0 spiro atoms. The molecule has 0 saturated heterocycles. The summed E-state index contributed by atoms with van der Waals surface area (Å²) >= 11 is 1.30. The van der Waals surface area contributed by atoms with Gasteiger partial charge in [-0.3, -0.25) is 4.57 Å². The Kier molecular flexibility index (Phi) is 2.26. The van der Waals surface area contributed by atoms with E-state index in [4.69, 9.17) is 9.79 Å². The van der Waals surface area contributed by atoms with Crippen LogP contribution in [0.25, 0.3) is 0 Å². The van der Waals surface area contributed by atoms with Gasteiger partial charge in [-0.25, -0.2) is 0 Å². The summed E-state index contributed by atoms with van der Waals surface area (Å²) in [7, 11) is -3.97. The zero-order valence-electron chi connectivity index (χ0n) is 4.97. The summed E-state index contributed by atoms with van der Waals surface area (Å²) < 4.78 is 10.3. The smallest absolute Gasteiger partial charge is 0.324 e. The summed E-state index contributed by atoms with van der Waals surface area (Å²) in [6, 6.07) is 3.40. The minimum Gasteiger partial charge on any atom is -0.324 e. The van der Waals surface area contributed by atoms with Gasteiger partial charge in [0.2, 0.25) is 0 Å². The zero-order valence-corrected chi connectivity index (χ0v) is 6.68. The molecular weight excluding hydrogens is 171 g/mol. The predicted octanol–water partition coefficient (Wildman–Crippen LogP) is 1.44. The topological polar surface area (TPSA) is 57.5 Å². The highest BCUT2D eigenvalue weighted by molar-refractivity contribution is 7.54. The Morgan fingerprint density at radius 1 is 1.60 bits per heavy atom. The van der Waals surface area contributed by atoms with Crippen molar-refractivity contribution in [2.75, 3.05) is 0 Å². The SMILES string of the molecule is O=P(O)(O)[CH]c1cccs1. The lowest BCUT2D eigenvalue weighted by molar-refractivity contribution is 0.382. The second-order valence-corrected chi connectivity index (χ2v) is 4.15. The van der Waals surface area contributed by atoms with Gasteiger partial charge >= 0.3 is 7.60 Å². The van der Waals surface area contributed by atoms with Gasteiger partial charge in [0, 0.05) is 4.88 Å². The predicted molar refractivity (Wildman–Crippen MR) is 39.8 cm³/mol. The van der Waals surface area contributed by atoms with Crippen LogP contribution in [0.15, 0.2) is 17.5 Å². The van der Waals surface area contributed by atoms with Gasteiger partial charge in [0.05, 0.1) is 0 Å². The number of rotatable bonds is 2. The largest absolute Gasteiger partial charge is 0.335 e. The van der Waals surface area contributed by atoms with E-state index in [-0.39, 0.29) is 0 Å². The van der Waals surface area contributed by atoms with E-state index >= 15 is 0 Å². The third-order valence-electron chi connectivity index (χ3n) is 0.839. The van der Waals surface area contributed by atoms with Crippen molar-refractivity contribution in [3.8, 4) is 0 Å². The molecule has 1 heterocycles. The average molecular weight is 177 g/mol. The van der Waals surface area contributed by atoms with Crippen LogP contribution in [-0.2, 0) is 4.57 Å². The molecule has 0 bridgehead atoms. The van der Waals surface area contributed by atoms with E-state index in [1.54, 1.807) is 17.5 Å². The maximum Gasteiger partial charge on any atom is 0.335 e. The lowest BCUT2D eigenvalue weighted by Gasteiger charge is -1.97. The van der Waals surface area contributed by atoms with Gasteiger partial charge in [0.15, 0.2) is 0 Å². The van der Waals surface area contributed by atoms with E-state index in [0.717, 1.165) is 6.16 Å². The molecule has 1 radical (unpaired) electrons. The Labute approximate surface area is 62.5 Å². The molecule has 2 N–H and O–H groups in total. The first-order chi connectivity index (χ1) is 4.58. The van der Waals surface area contributed by atoms with Crippen LogP contribution in [0.1, 0.15) is 4.88 Å². The van der Waals surface area contributed by atoms with E-state index < -0.39 is 7.60 Å². The van der Waals surface area contributed by atoms with Crippen molar-refractivity contribution in [2.45, 2.75) is 0 Å². The van der Waals surface area contributed by atoms with E-state index in [1.165, 1.54) is 11.3 Å². The fourth-order valence-electron chi connectivity index (χ4n) is 0.530. The van der Waals surface area contributed by atoms with Crippen LogP contribution in [0.3, 0.4) is 0 Å². The van der Waals surface area contributed by atoms with Gasteiger partial charge in [-0.1, -0.05) is 6.07 Å². The lowest BCUT2D eigenvalue weighted by atomic mass is 10.5. The van der Waals surface area contributed by atoms with Crippen LogP contribution in [-0.4, -0.2) is 9.79 Å². The third-order valence-corrected chi connectivity index (χ3v) is 2.45. The van der Waals surface area contributed by atoms with E-state index in [1.807, 2.05) is 0 Å². The van der Waals surface area contributed by atoms with Gasteiger partial charge in [0.1, 0.15) is 6.16 Å². The molecular formula is C5H6O3PS. The minimum atomic E-state index is -3.97. The maximum absolute atomic E-state index is 10.3. The molecule has 0 aliphatic heterocycles. The van der Waals surface area contributed by atoms with Gasteiger partial charge in [-0.05, 0) is 11.4 Å². The molecule has 1 aromatic rings. The van der Waals surface area contributed by atoms with Crippen molar-refractivity contribution in [1.29, 1.82) is 0 Å². The van der Waals surface area contributed by atoms with Crippen molar-refractivity contribution in [1.82, 2.24) is 0 Å². The number of hydrogen-bond acceptors (Lipinski definition) is 2. The summed E-state index contributed by atoms with van der Waals surface area (Å²) in [6.45, 7) is 0. The van der Waals surface area contributed by atoms with E-state index in [0.29, 0.717) is 4.88 Å². The highest BCUT2D eigenvalue weighted by Crippen LogP contribution is 2.42. The lowest BCUT2D eigenvalue weighted by Crippen LogP contribution is -1.77. The highest BCUT2D eigenvalue weighted by Gasteiger charge is 2.14. The Hall–Kier alpha value is -0.150. The second-order valence-electron chi connectivity index (χ2n) is 1.73. The van der Waals surface area contributed by atoms with Crippen LogP contribution in [0.4, 0.5) is 0 Å². The molecule has 0 atom stereocenters. The molecule has 55 valence electrons. The zero-order chi connectivity index (χ0) is 7.61. The minimum absolute atomic E-state index is 0.605. The first kappa shape index (κ1) is 7.95. The summed E-state index contributed by atoms with van der Waals surface area (Å²) in [5.74, 6) is 0. The van der Waals surface area contributed by atoms with Crippen LogP contribution in [0.2, 0.25) is 0 Å². The van der Waals surface area contributed by atoms with Crippen molar-refractivity contribution >= 4 is 18.9 Å². The Bertz CT molecular complexity index is 237. The van der Waals surface area contributed by atoms with Crippen LogP contribution in [0.5, 0.6) is 0 Å². The molecule has 0 aliphatic carbocycles. The number of hydrogen-bond donors (Lipinski definition) is 2. The molecule has 1 rings (SSSR count). The Morgan fingerprint density at radius 3 is 2.70 bits per heavy atom. The molecule has 0 aromatic carbocycles. The normalized spacial score (nSPS) is 11.8. The number of thiophene rings is 1. The first-order valence-electron chi connectivity index (χ1n) is 2.52. The fourth-order valence-corrected chi connectivity index (χ4v) is 2.07. The van der Waals surface area contributed by atoms with Crippen LogP contribution in [0, 0.1) is 6.16 Å². The Balaban J connectivity index is 2.66. The van der Waals surface area contributed by atoms with Gasteiger partial charge in [-0.15, -0.1) is 11.3 Å². The molecule has 1 aromatic heterocycles. The maximum atomic E-state index is 10.3. The fraction of sp³-hybridized carbons (Fsp3) is 0. The third kappa shape index (κ3) is 2.62. The van der Waals surface area contributed by atoms with Crippen molar-refractivity contribution in [2.24, 2.45) is 0 Å². The van der Waals surface area contributed by atoms with Gasteiger partial charge in [0.25, 0.3) is 0 Å². The highest BCUT2D eigenvalue weighted by atomic mass is 32.1. The van der Waals surface area contributed by atoms with Gasteiger partial charge < -0.3 is 9.79 Å². The quantitative estimate of drug-likeness (QED) is 0.672. The summed E-state index contributed by atoms with van der Waals surface area (Å²) in [4.78, 5) is 17.5. The van der Waals surface area contributed by atoms with Crippen molar-refractivity contribution in [3.63, 3.8) is 0 Å². The van der Waals surface area contributed by atoms with E-state index in [9.17, 15) is 4.57 Å². The molecule has 0 fully saturated rings. The monoisotopic (exact) mass is 177 g/mol. The molecule has 0 aliphatic rings. The van der Waals surface area contributed by atoms with Crippen molar-refractivity contribution in [3.05, 3.63) is 28.6 Å². The Morgan fingerprint density at radius 2 is 2.30 bits per heavy atom. The molecule has 0 unspecified atom stereocenters. The van der Waals surface area contributed by atoms with Crippen LogP contribution >= 0.6 is 18.9 Å². The molecule has 5 heteroatoms. The van der Waals surface area contributed by atoms with E-state index in [2.05, 4.69) is 0 Å². The second kappa shape index (κ2) is 2.84. The summed E-state index contributed by atoms with van der Waals surface area (Å²) in [6.07, 6.45) is 0.956. The molecule has 3 nitrogen and oxygen atoms in total. The molecule has 0 amide bonds. The standard InChI is InChI=1S/C5H6O3PS/c6-9(7,8)4-5-2-1-3-10-5/h1-4H,(H2,6,7,8). The average Bonchev–Trinajstić information content (AvgIpc) is 2.12. The molecule has 10 heavy (non-hydrogen) atoms. The molecule has 0 saturated carbocycles. The van der Waals surface area contributed by atoms with Crippen LogP contribution < -0.4 is 0 Å². The van der Waals surface area contributed by atoms with Gasteiger partial charge in [-0.2, -0.15) is 0 Å².